The molecule has 1 aromatic heterocycles. The zero-order chi connectivity index (χ0) is 17.8. The van der Waals surface area contributed by atoms with Crippen LogP contribution in [0.3, 0.4) is 0 Å². The molecule has 130 valence electrons. The highest BCUT2D eigenvalue weighted by atomic mass is 16.5. The highest BCUT2D eigenvalue weighted by Crippen LogP contribution is 2.35. The van der Waals surface area contributed by atoms with E-state index in [-0.39, 0.29) is 12.1 Å². The minimum Gasteiger partial charge on any atom is -0.353 e. The lowest BCUT2D eigenvalue weighted by atomic mass is 10.1. The number of carbonyl (C=O) groups excluding carboxylic acids is 1. The van der Waals surface area contributed by atoms with Crippen LogP contribution in [0.4, 0.5) is 0 Å². The van der Waals surface area contributed by atoms with E-state index in [2.05, 4.69) is 4.98 Å². The van der Waals surface area contributed by atoms with Crippen LogP contribution in [-0.2, 0) is 17.7 Å². The molecule has 0 N–H and O–H groups in total. The molecule has 4 heteroatoms. The number of aromatic nitrogens is 1. The number of hydrogen-bond acceptors (Lipinski definition) is 3. The predicted molar refractivity (Wildman–Crippen MR) is 99.4 cm³/mol. The van der Waals surface area contributed by atoms with Crippen molar-refractivity contribution in [2.75, 3.05) is 6.61 Å². The summed E-state index contributed by atoms with van der Waals surface area (Å²) in [5, 5.41) is 0. The fourth-order valence-electron chi connectivity index (χ4n) is 3.27. The lowest BCUT2D eigenvalue weighted by molar-refractivity contribution is -0.0418. The molecule has 1 amide bonds. The molecule has 4 rings (SSSR count). The zero-order valence-corrected chi connectivity index (χ0v) is 14.4. The van der Waals surface area contributed by atoms with Crippen LogP contribution in [0.25, 0.3) is 0 Å². The summed E-state index contributed by atoms with van der Waals surface area (Å²) in [5.74, 6) is 0.0206. The third-order valence-electron chi connectivity index (χ3n) is 4.56. The molecule has 0 bridgehead atoms. The van der Waals surface area contributed by atoms with Crippen molar-refractivity contribution < 1.29 is 9.53 Å². The number of rotatable bonds is 6. The Morgan fingerprint density at radius 2 is 1.69 bits per heavy atom. The predicted octanol–water partition coefficient (Wildman–Crippen LogP) is 4.00. The molecular weight excluding hydrogens is 324 g/mol. The van der Waals surface area contributed by atoms with Gasteiger partial charge in [0.1, 0.15) is 0 Å². The van der Waals surface area contributed by atoms with E-state index < -0.39 is 0 Å². The Morgan fingerprint density at radius 1 is 0.923 bits per heavy atom. The molecule has 0 saturated heterocycles. The van der Waals surface area contributed by atoms with Crippen LogP contribution in [0.15, 0.2) is 79.0 Å². The zero-order valence-electron chi connectivity index (χ0n) is 14.4. The number of ether oxygens (including phenoxy) is 1. The maximum atomic E-state index is 12.9. The standard InChI is InChI=1S/C22H20N2O2/c25-21-19-11-4-5-12-20(19)22(24(21)16-17-8-2-1-3-9-17)26-15-13-18-10-6-7-14-23-18/h1-12,14,22H,13,15-16H2. The number of hydrogen-bond donors (Lipinski definition) is 0. The summed E-state index contributed by atoms with van der Waals surface area (Å²) in [6, 6.07) is 23.6. The van der Waals surface area contributed by atoms with Gasteiger partial charge in [0.15, 0.2) is 6.23 Å². The lowest BCUT2D eigenvalue weighted by Crippen LogP contribution is -2.29. The first-order valence-corrected chi connectivity index (χ1v) is 8.78. The van der Waals surface area contributed by atoms with Crippen molar-refractivity contribution in [1.29, 1.82) is 0 Å². The molecule has 26 heavy (non-hydrogen) atoms. The first kappa shape index (κ1) is 16.5. The number of nitrogens with zero attached hydrogens (tertiary/aromatic N) is 2. The number of carbonyl (C=O) groups is 1. The van der Waals surface area contributed by atoms with Crippen molar-refractivity contribution in [3.63, 3.8) is 0 Å². The third kappa shape index (κ3) is 3.37. The quantitative estimate of drug-likeness (QED) is 0.679. The molecule has 3 aromatic rings. The maximum Gasteiger partial charge on any atom is 0.256 e. The summed E-state index contributed by atoms with van der Waals surface area (Å²) in [6.45, 7) is 1.04. The molecule has 0 radical (unpaired) electrons. The van der Waals surface area contributed by atoms with Crippen LogP contribution in [0, 0.1) is 0 Å². The van der Waals surface area contributed by atoms with E-state index in [1.54, 1.807) is 11.1 Å². The Bertz CT molecular complexity index is 881. The Morgan fingerprint density at radius 3 is 2.50 bits per heavy atom. The summed E-state index contributed by atoms with van der Waals surface area (Å²) in [5.41, 5.74) is 3.74. The van der Waals surface area contributed by atoms with Gasteiger partial charge in [0.2, 0.25) is 0 Å². The van der Waals surface area contributed by atoms with Gasteiger partial charge in [-0.25, -0.2) is 0 Å². The minimum atomic E-state index is -0.359. The number of benzene rings is 2. The van der Waals surface area contributed by atoms with Crippen molar-refractivity contribution in [2.45, 2.75) is 19.2 Å². The van der Waals surface area contributed by atoms with Crippen molar-refractivity contribution in [1.82, 2.24) is 9.88 Å². The summed E-state index contributed by atoms with van der Waals surface area (Å²) in [7, 11) is 0. The topological polar surface area (TPSA) is 42.4 Å². The van der Waals surface area contributed by atoms with E-state index in [4.69, 9.17) is 4.74 Å². The molecule has 1 aliphatic rings. The minimum absolute atomic E-state index is 0.0206. The van der Waals surface area contributed by atoms with E-state index in [1.807, 2.05) is 72.8 Å². The first-order chi connectivity index (χ1) is 12.8. The molecule has 4 nitrogen and oxygen atoms in total. The molecule has 0 spiro atoms. The van der Waals surface area contributed by atoms with Crippen LogP contribution in [-0.4, -0.2) is 22.4 Å². The first-order valence-electron chi connectivity index (χ1n) is 8.78. The van der Waals surface area contributed by atoms with Crippen molar-refractivity contribution in [3.05, 3.63) is 101 Å². The normalized spacial score (nSPS) is 15.9. The average molecular weight is 344 g/mol. The Hall–Kier alpha value is -2.98. The molecule has 0 fully saturated rings. The second kappa shape index (κ2) is 7.50. The maximum absolute atomic E-state index is 12.9. The molecule has 1 aliphatic heterocycles. The van der Waals surface area contributed by atoms with Gasteiger partial charge in [-0.3, -0.25) is 9.78 Å². The number of amides is 1. The molecule has 2 aromatic carbocycles. The van der Waals surface area contributed by atoms with Crippen LogP contribution >= 0.6 is 0 Å². The smallest absolute Gasteiger partial charge is 0.256 e. The van der Waals surface area contributed by atoms with Crippen molar-refractivity contribution >= 4 is 5.91 Å². The second-order valence-corrected chi connectivity index (χ2v) is 6.30. The SMILES string of the molecule is O=C1c2ccccc2C(OCCc2ccccn2)N1Cc1ccccc1. The van der Waals surface area contributed by atoms with E-state index in [0.717, 1.165) is 22.4 Å². The molecule has 0 saturated carbocycles. The third-order valence-corrected chi connectivity index (χ3v) is 4.56. The lowest BCUT2D eigenvalue weighted by Gasteiger charge is -2.25. The molecule has 0 aliphatic carbocycles. The van der Waals surface area contributed by atoms with E-state index >= 15 is 0 Å². The monoisotopic (exact) mass is 344 g/mol. The Labute approximate surface area is 153 Å². The summed E-state index contributed by atoms with van der Waals surface area (Å²) in [6.07, 6.45) is 2.14. The van der Waals surface area contributed by atoms with Gasteiger partial charge in [-0.15, -0.1) is 0 Å². The van der Waals surface area contributed by atoms with Gasteiger partial charge in [0.25, 0.3) is 5.91 Å². The van der Waals surface area contributed by atoms with Gasteiger partial charge in [0.05, 0.1) is 6.61 Å². The highest BCUT2D eigenvalue weighted by Gasteiger charge is 2.37. The van der Waals surface area contributed by atoms with Gasteiger partial charge >= 0.3 is 0 Å². The van der Waals surface area contributed by atoms with Crippen molar-refractivity contribution in [2.24, 2.45) is 0 Å². The van der Waals surface area contributed by atoms with Gasteiger partial charge in [-0.2, -0.15) is 0 Å². The number of pyridine rings is 1. The van der Waals surface area contributed by atoms with E-state index in [0.29, 0.717) is 19.6 Å². The van der Waals surface area contributed by atoms with Crippen LogP contribution < -0.4 is 0 Å². The van der Waals surface area contributed by atoms with Gasteiger partial charge in [-0.05, 0) is 23.8 Å². The fraction of sp³-hybridized carbons (Fsp3) is 0.182. The average Bonchev–Trinajstić information content (AvgIpc) is 2.96. The highest BCUT2D eigenvalue weighted by molar-refractivity contribution is 5.98. The summed E-state index contributed by atoms with van der Waals surface area (Å²) in [4.78, 5) is 19.0. The van der Waals surface area contributed by atoms with Crippen molar-refractivity contribution in [3.8, 4) is 0 Å². The van der Waals surface area contributed by atoms with Crippen LogP contribution in [0.1, 0.15) is 33.4 Å². The Balaban J connectivity index is 1.53. The van der Waals surface area contributed by atoms with Gasteiger partial charge in [-0.1, -0.05) is 54.6 Å². The van der Waals surface area contributed by atoms with Gasteiger partial charge < -0.3 is 9.64 Å². The number of fused-ring (bicyclic) bond motifs is 1. The summed E-state index contributed by atoms with van der Waals surface area (Å²) < 4.78 is 6.15. The molecule has 2 heterocycles. The van der Waals surface area contributed by atoms with Gasteiger partial charge in [0, 0.05) is 36.0 Å². The summed E-state index contributed by atoms with van der Waals surface area (Å²) >= 11 is 0. The Kier molecular flexibility index (Phi) is 4.75. The second-order valence-electron chi connectivity index (χ2n) is 6.30. The molecule has 1 atom stereocenters. The van der Waals surface area contributed by atoms with Crippen LogP contribution in [0.5, 0.6) is 0 Å². The van der Waals surface area contributed by atoms with E-state index in [1.165, 1.54) is 0 Å². The largest absolute Gasteiger partial charge is 0.353 e. The molecular formula is C22H20N2O2. The molecule has 1 unspecified atom stereocenters. The van der Waals surface area contributed by atoms with Crippen LogP contribution in [0.2, 0.25) is 0 Å². The fourth-order valence-corrected chi connectivity index (χ4v) is 3.27. The van der Waals surface area contributed by atoms with E-state index in [9.17, 15) is 4.79 Å².